The lowest BCUT2D eigenvalue weighted by Gasteiger charge is -2.04. The average molecular weight is 261 g/mol. The Balaban J connectivity index is 1.75. The third-order valence-electron chi connectivity index (χ3n) is 2.61. The molecule has 0 atom stereocenters. The fraction of sp³-hybridized carbons (Fsp3) is 0.231. The minimum Gasteiger partial charge on any atom is -0.366 e. The number of nitrogens with two attached hydrogens (primary N) is 1. The van der Waals surface area contributed by atoms with Crippen molar-refractivity contribution >= 4 is 17.2 Å². The van der Waals surface area contributed by atoms with Gasteiger partial charge in [-0.15, -0.1) is 11.3 Å². The van der Waals surface area contributed by atoms with Gasteiger partial charge in [-0.25, -0.2) is 4.98 Å². The predicted octanol–water partition coefficient (Wildman–Crippen LogP) is 1.57. The van der Waals surface area contributed by atoms with Crippen LogP contribution in [0.3, 0.4) is 0 Å². The summed E-state index contributed by atoms with van der Waals surface area (Å²) in [6, 6.07) is 7.32. The number of carbonyl (C=O) groups is 1. The quantitative estimate of drug-likeness (QED) is 0.776. The second-order valence-corrected chi connectivity index (χ2v) is 4.69. The summed E-state index contributed by atoms with van der Waals surface area (Å²) in [5.41, 5.74) is 9.83. The molecular formula is C13H15N3OS. The Hall–Kier alpha value is -1.72. The Kier molecular flexibility index (Phi) is 4.44. The Bertz CT molecular complexity index is 493. The van der Waals surface area contributed by atoms with E-state index in [4.69, 9.17) is 5.73 Å². The standard InChI is InChI=1S/C13H15N3OS/c14-13(17)11-3-1-10(2-4-11)7-15-6-5-12-8-18-9-16-12/h1-4,8-9,15H,5-7H2,(H2,14,17). The third kappa shape index (κ3) is 3.65. The van der Waals surface area contributed by atoms with Gasteiger partial charge in [0.1, 0.15) is 0 Å². The number of rotatable bonds is 6. The molecular weight excluding hydrogens is 246 g/mol. The van der Waals surface area contributed by atoms with Crippen LogP contribution in [0.5, 0.6) is 0 Å². The highest BCUT2D eigenvalue weighted by molar-refractivity contribution is 7.07. The number of hydrogen-bond acceptors (Lipinski definition) is 4. The predicted molar refractivity (Wildman–Crippen MR) is 72.5 cm³/mol. The van der Waals surface area contributed by atoms with Crippen LogP contribution in [-0.2, 0) is 13.0 Å². The maximum Gasteiger partial charge on any atom is 0.248 e. The van der Waals surface area contributed by atoms with E-state index in [1.807, 2.05) is 17.6 Å². The summed E-state index contributed by atoms with van der Waals surface area (Å²) in [5, 5.41) is 5.40. The molecule has 94 valence electrons. The monoisotopic (exact) mass is 261 g/mol. The Morgan fingerprint density at radius 1 is 1.33 bits per heavy atom. The summed E-state index contributed by atoms with van der Waals surface area (Å²) in [7, 11) is 0. The molecule has 0 aliphatic rings. The Morgan fingerprint density at radius 3 is 2.72 bits per heavy atom. The summed E-state index contributed by atoms with van der Waals surface area (Å²) in [4.78, 5) is 15.1. The number of nitrogens with zero attached hydrogens (tertiary/aromatic N) is 1. The second kappa shape index (κ2) is 6.28. The first-order chi connectivity index (χ1) is 8.75. The summed E-state index contributed by atoms with van der Waals surface area (Å²) in [6.07, 6.45) is 0.933. The lowest BCUT2D eigenvalue weighted by atomic mass is 10.1. The molecule has 1 amide bonds. The first kappa shape index (κ1) is 12.7. The fourth-order valence-corrected chi connectivity index (χ4v) is 2.19. The van der Waals surface area contributed by atoms with Crippen molar-refractivity contribution in [2.45, 2.75) is 13.0 Å². The van der Waals surface area contributed by atoms with Gasteiger partial charge in [0, 0.05) is 30.5 Å². The number of nitrogens with one attached hydrogen (secondary N) is 1. The molecule has 0 aliphatic carbocycles. The van der Waals surface area contributed by atoms with Gasteiger partial charge in [-0.2, -0.15) is 0 Å². The van der Waals surface area contributed by atoms with Crippen molar-refractivity contribution < 1.29 is 4.79 Å². The van der Waals surface area contributed by atoms with Crippen LogP contribution in [0.4, 0.5) is 0 Å². The van der Waals surface area contributed by atoms with Gasteiger partial charge in [0.05, 0.1) is 11.2 Å². The first-order valence-corrected chi connectivity index (χ1v) is 6.66. The molecule has 1 aromatic carbocycles. The topological polar surface area (TPSA) is 68.0 Å². The van der Waals surface area contributed by atoms with Crippen molar-refractivity contribution in [2.24, 2.45) is 5.73 Å². The second-order valence-electron chi connectivity index (χ2n) is 3.97. The van der Waals surface area contributed by atoms with Crippen molar-refractivity contribution in [1.82, 2.24) is 10.3 Å². The van der Waals surface area contributed by atoms with Crippen molar-refractivity contribution in [3.63, 3.8) is 0 Å². The lowest BCUT2D eigenvalue weighted by Crippen LogP contribution is -2.17. The molecule has 0 saturated heterocycles. The van der Waals surface area contributed by atoms with Crippen LogP contribution in [0.2, 0.25) is 0 Å². The van der Waals surface area contributed by atoms with Crippen molar-refractivity contribution in [3.05, 3.63) is 52.0 Å². The van der Waals surface area contributed by atoms with E-state index in [1.165, 1.54) is 0 Å². The fourth-order valence-electron chi connectivity index (χ4n) is 1.60. The van der Waals surface area contributed by atoms with Crippen LogP contribution < -0.4 is 11.1 Å². The minimum absolute atomic E-state index is 0.391. The van der Waals surface area contributed by atoms with Crippen LogP contribution in [0.15, 0.2) is 35.2 Å². The highest BCUT2D eigenvalue weighted by atomic mass is 32.1. The molecule has 0 saturated carbocycles. The summed E-state index contributed by atoms with van der Waals surface area (Å²) in [5.74, 6) is -0.391. The zero-order valence-corrected chi connectivity index (χ0v) is 10.7. The van der Waals surface area contributed by atoms with E-state index in [0.29, 0.717) is 5.56 Å². The van der Waals surface area contributed by atoms with Crippen molar-refractivity contribution in [1.29, 1.82) is 0 Å². The van der Waals surface area contributed by atoms with Crippen LogP contribution >= 0.6 is 11.3 Å². The van der Waals surface area contributed by atoms with E-state index in [1.54, 1.807) is 23.5 Å². The van der Waals surface area contributed by atoms with Crippen LogP contribution in [0.25, 0.3) is 0 Å². The van der Waals surface area contributed by atoms with Gasteiger partial charge in [0.25, 0.3) is 0 Å². The molecule has 0 bridgehead atoms. The number of amides is 1. The van der Waals surface area contributed by atoms with Gasteiger partial charge in [0.15, 0.2) is 0 Å². The number of benzene rings is 1. The molecule has 3 N–H and O–H groups in total. The van der Waals surface area contributed by atoms with E-state index >= 15 is 0 Å². The van der Waals surface area contributed by atoms with Crippen molar-refractivity contribution in [2.75, 3.05) is 6.54 Å². The molecule has 2 aromatic rings. The van der Waals surface area contributed by atoms with Crippen molar-refractivity contribution in [3.8, 4) is 0 Å². The lowest BCUT2D eigenvalue weighted by molar-refractivity contribution is 0.100. The Labute approximate surface area is 110 Å². The first-order valence-electron chi connectivity index (χ1n) is 5.72. The van der Waals surface area contributed by atoms with Gasteiger partial charge >= 0.3 is 0 Å². The largest absolute Gasteiger partial charge is 0.366 e. The van der Waals surface area contributed by atoms with E-state index in [9.17, 15) is 4.79 Å². The smallest absolute Gasteiger partial charge is 0.248 e. The minimum atomic E-state index is -0.391. The number of carbonyl (C=O) groups excluding carboxylic acids is 1. The number of thiazole rings is 1. The highest BCUT2D eigenvalue weighted by Gasteiger charge is 1.99. The molecule has 0 fully saturated rings. The van der Waals surface area contributed by atoms with E-state index < -0.39 is 5.91 Å². The Morgan fingerprint density at radius 2 is 2.11 bits per heavy atom. The van der Waals surface area contributed by atoms with Gasteiger partial charge in [-0.05, 0) is 17.7 Å². The van der Waals surface area contributed by atoms with Crippen LogP contribution in [0.1, 0.15) is 21.6 Å². The van der Waals surface area contributed by atoms with Gasteiger partial charge in [-0.1, -0.05) is 12.1 Å². The molecule has 0 spiro atoms. The summed E-state index contributed by atoms with van der Waals surface area (Å²) in [6.45, 7) is 1.67. The van der Waals surface area contributed by atoms with Gasteiger partial charge in [0.2, 0.25) is 5.91 Å². The molecule has 18 heavy (non-hydrogen) atoms. The van der Waals surface area contributed by atoms with Gasteiger partial charge in [-0.3, -0.25) is 4.79 Å². The molecule has 0 radical (unpaired) electrons. The molecule has 0 unspecified atom stereocenters. The molecule has 5 heteroatoms. The van der Waals surface area contributed by atoms with Crippen LogP contribution in [0, 0.1) is 0 Å². The molecule has 2 rings (SSSR count). The van der Waals surface area contributed by atoms with Crippen LogP contribution in [-0.4, -0.2) is 17.4 Å². The highest BCUT2D eigenvalue weighted by Crippen LogP contribution is 2.04. The zero-order valence-electron chi connectivity index (χ0n) is 9.93. The normalized spacial score (nSPS) is 10.4. The number of primary amides is 1. The maximum absolute atomic E-state index is 10.9. The summed E-state index contributed by atoms with van der Waals surface area (Å²) >= 11 is 1.62. The van der Waals surface area contributed by atoms with E-state index in [-0.39, 0.29) is 0 Å². The number of hydrogen-bond donors (Lipinski definition) is 2. The summed E-state index contributed by atoms with van der Waals surface area (Å²) < 4.78 is 0. The van der Waals surface area contributed by atoms with E-state index in [2.05, 4.69) is 15.7 Å². The third-order valence-corrected chi connectivity index (χ3v) is 3.24. The zero-order chi connectivity index (χ0) is 12.8. The van der Waals surface area contributed by atoms with E-state index in [0.717, 1.165) is 30.8 Å². The molecule has 0 aliphatic heterocycles. The molecule has 1 heterocycles. The average Bonchev–Trinajstić information content (AvgIpc) is 2.88. The molecule has 1 aromatic heterocycles. The maximum atomic E-state index is 10.9. The molecule has 4 nitrogen and oxygen atoms in total. The SMILES string of the molecule is NC(=O)c1ccc(CNCCc2cscn2)cc1. The number of aromatic nitrogens is 1. The van der Waals surface area contributed by atoms with Gasteiger partial charge < -0.3 is 11.1 Å².